The smallest absolute Gasteiger partial charge is 0.326 e. The second kappa shape index (κ2) is 7.09. The molecule has 19 heavy (non-hydrogen) atoms. The number of rotatable bonds is 5. The van der Waals surface area contributed by atoms with E-state index in [1.807, 2.05) is 29.5 Å². The molecule has 2 N–H and O–H groups in total. The Balaban J connectivity index is 2.94. The van der Waals surface area contributed by atoms with Gasteiger partial charge < -0.3 is 10.4 Å². The molecule has 0 heterocycles. The number of aliphatic carboxylic acids is 1. The van der Waals surface area contributed by atoms with Gasteiger partial charge in [-0.15, -0.1) is 0 Å². The van der Waals surface area contributed by atoms with Crippen LogP contribution >= 0.6 is 34.2 Å². The first kappa shape index (κ1) is 16.2. The normalized spacial score (nSPS) is 13.7. The maximum atomic E-state index is 12.1. The maximum absolute atomic E-state index is 12.1. The largest absolute Gasteiger partial charge is 0.480 e. The fourth-order valence-corrected chi connectivity index (χ4v) is 2.33. The van der Waals surface area contributed by atoms with Crippen molar-refractivity contribution in [1.82, 2.24) is 5.32 Å². The highest BCUT2D eigenvalue weighted by atomic mass is 127. The van der Waals surface area contributed by atoms with E-state index in [-0.39, 0.29) is 5.92 Å². The summed E-state index contributed by atoms with van der Waals surface area (Å²) in [4.78, 5) is 23.3. The Kier molecular flexibility index (Phi) is 6.06. The number of halogens is 2. The summed E-state index contributed by atoms with van der Waals surface area (Å²) in [6, 6.07) is 4.04. The number of carboxylic acid groups (broad SMARTS) is 1. The molecule has 0 radical (unpaired) electrons. The zero-order valence-electron chi connectivity index (χ0n) is 10.6. The van der Waals surface area contributed by atoms with E-state index >= 15 is 0 Å². The van der Waals surface area contributed by atoms with Crippen molar-refractivity contribution < 1.29 is 14.7 Å². The third-order valence-electron chi connectivity index (χ3n) is 2.94. The van der Waals surface area contributed by atoms with E-state index in [9.17, 15) is 9.59 Å². The lowest BCUT2D eigenvalue weighted by Gasteiger charge is -2.20. The molecule has 0 aromatic heterocycles. The summed E-state index contributed by atoms with van der Waals surface area (Å²) in [7, 11) is 0. The average molecular weight is 396 g/mol. The van der Waals surface area contributed by atoms with E-state index in [4.69, 9.17) is 16.7 Å². The fraction of sp³-hybridized carbons (Fsp3) is 0.385. The van der Waals surface area contributed by atoms with Gasteiger partial charge in [0.25, 0.3) is 5.91 Å². The predicted octanol–water partition coefficient (Wildman–Crippen LogP) is 3.17. The van der Waals surface area contributed by atoms with Crippen LogP contribution in [0.3, 0.4) is 0 Å². The van der Waals surface area contributed by atoms with E-state index < -0.39 is 17.9 Å². The van der Waals surface area contributed by atoms with Crippen LogP contribution in [0.25, 0.3) is 0 Å². The van der Waals surface area contributed by atoms with Gasteiger partial charge >= 0.3 is 5.97 Å². The van der Waals surface area contributed by atoms with Crippen molar-refractivity contribution in [2.75, 3.05) is 0 Å². The van der Waals surface area contributed by atoms with E-state index in [2.05, 4.69) is 5.32 Å². The topological polar surface area (TPSA) is 66.4 Å². The molecular weight excluding hydrogens is 381 g/mol. The predicted molar refractivity (Wildman–Crippen MR) is 82.5 cm³/mol. The minimum atomic E-state index is -1.03. The van der Waals surface area contributed by atoms with Crippen molar-refractivity contribution >= 4 is 46.1 Å². The van der Waals surface area contributed by atoms with Gasteiger partial charge in [-0.1, -0.05) is 31.9 Å². The average Bonchev–Trinajstić information content (AvgIpc) is 2.37. The molecule has 1 unspecified atom stereocenters. The van der Waals surface area contributed by atoms with Gasteiger partial charge in [-0.3, -0.25) is 4.79 Å². The molecule has 0 aliphatic carbocycles. The molecule has 0 aliphatic rings. The molecule has 0 aliphatic heterocycles. The standard InChI is InChI=1S/C13H15ClINO3/c1-3-7(2)11(13(18)19)16-12(17)9-6-8(14)4-5-10(9)15/h4-7,11H,3H2,1-2H3,(H,16,17)(H,18,19)/t7?,11-/m0/s1. The number of carbonyl (C=O) groups excluding carboxylic acids is 1. The Bertz CT molecular complexity index is 493. The summed E-state index contributed by atoms with van der Waals surface area (Å²) >= 11 is 7.87. The molecule has 0 bridgehead atoms. The minimum absolute atomic E-state index is 0.140. The summed E-state index contributed by atoms with van der Waals surface area (Å²) in [5.41, 5.74) is 0.391. The number of carbonyl (C=O) groups is 2. The maximum Gasteiger partial charge on any atom is 0.326 e. The molecule has 104 valence electrons. The van der Waals surface area contributed by atoms with Gasteiger partial charge in [0.2, 0.25) is 0 Å². The van der Waals surface area contributed by atoms with Gasteiger partial charge in [0, 0.05) is 8.59 Å². The Morgan fingerprint density at radius 2 is 2.11 bits per heavy atom. The van der Waals surface area contributed by atoms with Crippen molar-refractivity contribution in [3.8, 4) is 0 Å². The van der Waals surface area contributed by atoms with Crippen LogP contribution in [-0.4, -0.2) is 23.0 Å². The van der Waals surface area contributed by atoms with E-state index in [0.717, 1.165) is 3.57 Å². The minimum Gasteiger partial charge on any atom is -0.480 e. The first-order chi connectivity index (χ1) is 8.86. The van der Waals surface area contributed by atoms with Crippen LogP contribution in [0.1, 0.15) is 30.6 Å². The SMILES string of the molecule is CCC(C)[C@H](NC(=O)c1cc(Cl)ccc1I)C(=O)O. The van der Waals surface area contributed by atoms with Crippen LogP contribution in [0.2, 0.25) is 5.02 Å². The number of nitrogens with one attached hydrogen (secondary N) is 1. The summed E-state index contributed by atoms with van der Waals surface area (Å²) in [5.74, 6) is -1.59. The lowest BCUT2D eigenvalue weighted by atomic mass is 9.99. The second-order valence-corrected chi connectivity index (χ2v) is 5.90. The molecule has 2 atom stereocenters. The highest BCUT2D eigenvalue weighted by molar-refractivity contribution is 14.1. The first-order valence-corrected chi connectivity index (χ1v) is 7.31. The van der Waals surface area contributed by atoms with E-state index in [1.165, 1.54) is 6.07 Å². The van der Waals surface area contributed by atoms with Crippen LogP contribution < -0.4 is 5.32 Å². The quantitative estimate of drug-likeness (QED) is 0.753. The molecule has 0 fully saturated rings. The van der Waals surface area contributed by atoms with Crippen LogP contribution in [-0.2, 0) is 4.79 Å². The molecule has 0 saturated carbocycles. The van der Waals surface area contributed by atoms with Crippen molar-refractivity contribution in [1.29, 1.82) is 0 Å². The summed E-state index contributed by atoms with van der Waals surface area (Å²) < 4.78 is 0.729. The van der Waals surface area contributed by atoms with Crippen LogP contribution in [0.5, 0.6) is 0 Å². The van der Waals surface area contributed by atoms with Crippen LogP contribution in [0.15, 0.2) is 18.2 Å². The highest BCUT2D eigenvalue weighted by Crippen LogP contribution is 2.18. The summed E-state index contributed by atoms with van der Waals surface area (Å²) in [6.07, 6.45) is 0.671. The monoisotopic (exact) mass is 395 g/mol. The Labute approximate surface area is 130 Å². The third-order valence-corrected chi connectivity index (χ3v) is 4.11. The molecule has 1 amide bonds. The number of hydrogen-bond donors (Lipinski definition) is 2. The summed E-state index contributed by atoms with van der Waals surface area (Å²) in [5, 5.41) is 12.1. The first-order valence-electron chi connectivity index (χ1n) is 5.85. The van der Waals surface area contributed by atoms with Crippen molar-refractivity contribution in [3.63, 3.8) is 0 Å². The molecular formula is C13H15ClINO3. The fourth-order valence-electron chi connectivity index (χ4n) is 1.57. The van der Waals surface area contributed by atoms with Crippen LogP contribution in [0, 0.1) is 9.49 Å². The second-order valence-electron chi connectivity index (χ2n) is 4.30. The lowest BCUT2D eigenvalue weighted by Crippen LogP contribution is -2.45. The van der Waals surface area contributed by atoms with Crippen molar-refractivity contribution in [2.45, 2.75) is 26.3 Å². The van der Waals surface area contributed by atoms with Gasteiger partial charge in [-0.2, -0.15) is 0 Å². The van der Waals surface area contributed by atoms with Gasteiger partial charge in [-0.05, 0) is 46.7 Å². The van der Waals surface area contributed by atoms with Gasteiger partial charge in [0.15, 0.2) is 0 Å². The number of benzene rings is 1. The zero-order valence-corrected chi connectivity index (χ0v) is 13.5. The molecule has 0 spiro atoms. The molecule has 6 heteroatoms. The Morgan fingerprint density at radius 1 is 1.47 bits per heavy atom. The number of amides is 1. The van der Waals surface area contributed by atoms with Crippen molar-refractivity contribution in [3.05, 3.63) is 32.4 Å². The number of hydrogen-bond acceptors (Lipinski definition) is 2. The third kappa shape index (κ3) is 4.35. The molecule has 0 saturated heterocycles. The van der Waals surface area contributed by atoms with E-state index in [0.29, 0.717) is 17.0 Å². The Morgan fingerprint density at radius 3 is 2.63 bits per heavy atom. The Hall–Kier alpha value is -0.820. The number of carboxylic acids is 1. The molecule has 4 nitrogen and oxygen atoms in total. The van der Waals surface area contributed by atoms with Gasteiger partial charge in [-0.25, -0.2) is 4.79 Å². The molecule has 1 aromatic carbocycles. The summed E-state index contributed by atoms with van der Waals surface area (Å²) in [6.45, 7) is 3.68. The highest BCUT2D eigenvalue weighted by Gasteiger charge is 2.26. The van der Waals surface area contributed by atoms with Crippen molar-refractivity contribution in [2.24, 2.45) is 5.92 Å². The molecule has 1 rings (SSSR count). The zero-order chi connectivity index (χ0) is 14.6. The van der Waals surface area contributed by atoms with Gasteiger partial charge in [0.05, 0.1) is 5.56 Å². The molecule has 1 aromatic rings. The van der Waals surface area contributed by atoms with E-state index in [1.54, 1.807) is 19.1 Å². The lowest BCUT2D eigenvalue weighted by molar-refractivity contribution is -0.140. The van der Waals surface area contributed by atoms with Gasteiger partial charge in [0.1, 0.15) is 6.04 Å². The van der Waals surface area contributed by atoms with Crippen LogP contribution in [0.4, 0.5) is 0 Å².